The molecule has 0 amide bonds. The summed E-state index contributed by atoms with van der Waals surface area (Å²) in [6.45, 7) is 0. The predicted molar refractivity (Wildman–Crippen MR) is 61.1 cm³/mol. The van der Waals surface area contributed by atoms with Gasteiger partial charge in [0.05, 0.1) is 7.11 Å². The predicted octanol–water partition coefficient (Wildman–Crippen LogP) is 2.15. The quantitative estimate of drug-likeness (QED) is 0.335. The Bertz CT molecular complexity index is 416. The van der Waals surface area contributed by atoms with Gasteiger partial charge in [0.25, 0.3) is 0 Å². The van der Waals surface area contributed by atoms with Crippen LogP contribution in [0.1, 0.15) is 10.4 Å². The molecule has 0 unspecified atom stereocenters. The summed E-state index contributed by atoms with van der Waals surface area (Å²) < 4.78 is 4.40. The van der Waals surface area contributed by atoms with Crippen LogP contribution < -0.4 is 0 Å². The molecule has 16 heavy (non-hydrogen) atoms. The van der Waals surface area contributed by atoms with Crippen LogP contribution in [0, 0.1) is 0 Å². The largest absolute Gasteiger partial charge is 0.466 e. The highest BCUT2D eigenvalue weighted by atomic mass is 16.5. The number of methoxy groups -OCH3 is 1. The average Bonchev–Trinajstić information content (AvgIpc) is 2.35. The van der Waals surface area contributed by atoms with Gasteiger partial charge in [0, 0.05) is 11.6 Å². The van der Waals surface area contributed by atoms with Crippen molar-refractivity contribution >= 4 is 11.8 Å². The van der Waals surface area contributed by atoms with Crippen molar-refractivity contribution in [1.29, 1.82) is 0 Å². The maximum Gasteiger partial charge on any atom is 0.330 e. The van der Waals surface area contributed by atoms with Crippen molar-refractivity contribution in [2.45, 2.75) is 0 Å². The molecule has 0 radical (unpaired) electrons. The van der Waals surface area contributed by atoms with Crippen LogP contribution in [-0.4, -0.2) is 18.9 Å². The number of carbonyl (C=O) groups is 2. The summed E-state index contributed by atoms with van der Waals surface area (Å²) in [6, 6.07) is 8.90. The van der Waals surface area contributed by atoms with Crippen molar-refractivity contribution in [2.75, 3.05) is 7.11 Å². The van der Waals surface area contributed by atoms with Gasteiger partial charge >= 0.3 is 5.97 Å². The van der Waals surface area contributed by atoms with E-state index in [2.05, 4.69) is 4.74 Å². The van der Waals surface area contributed by atoms with Crippen molar-refractivity contribution < 1.29 is 14.3 Å². The van der Waals surface area contributed by atoms with E-state index in [0.29, 0.717) is 5.56 Å². The highest BCUT2D eigenvalue weighted by Crippen LogP contribution is 2.00. The number of hydrogen-bond donors (Lipinski definition) is 0. The van der Waals surface area contributed by atoms with E-state index in [1.54, 1.807) is 24.3 Å². The van der Waals surface area contributed by atoms with Gasteiger partial charge in [0.1, 0.15) is 0 Å². The molecule has 0 spiro atoms. The lowest BCUT2D eigenvalue weighted by molar-refractivity contribution is -0.134. The van der Waals surface area contributed by atoms with Crippen LogP contribution in [0.15, 0.2) is 54.6 Å². The molecule has 1 aromatic carbocycles. The fourth-order valence-electron chi connectivity index (χ4n) is 1.04. The molecule has 0 saturated carbocycles. The van der Waals surface area contributed by atoms with Crippen LogP contribution in [0.4, 0.5) is 0 Å². The van der Waals surface area contributed by atoms with E-state index in [1.165, 1.54) is 31.4 Å². The van der Waals surface area contributed by atoms with Crippen LogP contribution in [0.5, 0.6) is 0 Å². The normalized spacial score (nSPS) is 10.8. The highest BCUT2D eigenvalue weighted by Gasteiger charge is 1.97. The Kier molecular flexibility index (Phi) is 4.73. The lowest BCUT2D eigenvalue weighted by Crippen LogP contribution is -1.94. The van der Waals surface area contributed by atoms with Gasteiger partial charge in [-0.2, -0.15) is 0 Å². The molecule has 0 aromatic heterocycles. The van der Waals surface area contributed by atoms with Gasteiger partial charge in [-0.25, -0.2) is 4.79 Å². The van der Waals surface area contributed by atoms with Crippen LogP contribution >= 0.6 is 0 Å². The Balaban J connectivity index is 2.56. The van der Waals surface area contributed by atoms with Gasteiger partial charge in [-0.1, -0.05) is 42.5 Å². The summed E-state index contributed by atoms with van der Waals surface area (Å²) in [5.41, 5.74) is 0.616. The van der Waals surface area contributed by atoms with E-state index in [-0.39, 0.29) is 5.78 Å². The van der Waals surface area contributed by atoms with Gasteiger partial charge in [-0.15, -0.1) is 0 Å². The summed E-state index contributed by atoms with van der Waals surface area (Å²) >= 11 is 0. The molecule has 0 aliphatic heterocycles. The molecule has 3 nitrogen and oxygen atoms in total. The average molecular weight is 216 g/mol. The maximum atomic E-state index is 11.5. The van der Waals surface area contributed by atoms with E-state index < -0.39 is 5.97 Å². The monoisotopic (exact) mass is 216 g/mol. The van der Waals surface area contributed by atoms with Crippen LogP contribution in [0.25, 0.3) is 0 Å². The van der Waals surface area contributed by atoms with E-state index in [9.17, 15) is 9.59 Å². The van der Waals surface area contributed by atoms with Crippen molar-refractivity contribution in [1.82, 2.24) is 0 Å². The second-order valence-corrected chi connectivity index (χ2v) is 2.97. The number of benzene rings is 1. The van der Waals surface area contributed by atoms with Crippen LogP contribution in [0.2, 0.25) is 0 Å². The summed E-state index contributed by atoms with van der Waals surface area (Å²) in [4.78, 5) is 22.2. The molecule has 0 atom stereocenters. The Morgan fingerprint density at radius 2 is 1.69 bits per heavy atom. The first-order valence-electron chi connectivity index (χ1n) is 4.76. The number of hydrogen-bond acceptors (Lipinski definition) is 3. The zero-order valence-electron chi connectivity index (χ0n) is 8.92. The molecule has 0 fully saturated rings. The van der Waals surface area contributed by atoms with Gasteiger partial charge in [0.2, 0.25) is 0 Å². The Morgan fingerprint density at radius 3 is 2.31 bits per heavy atom. The first-order chi connectivity index (χ1) is 7.74. The van der Waals surface area contributed by atoms with E-state index >= 15 is 0 Å². The molecule has 0 N–H and O–H groups in total. The molecule has 0 aliphatic rings. The lowest BCUT2D eigenvalue weighted by Gasteiger charge is -1.92. The van der Waals surface area contributed by atoms with E-state index in [0.717, 1.165) is 0 Å². The topological polar surface area (TPSA) is 43.4 Å². The van der Waals surface area contributed by atoms with Gasteiger partial charge in [-0.3, -0.25) is 4.79 Å². The molecule has 0 aliphatic carbocycles. The standard InChI is InChI=1S/C13H12O3/c1-16-13(15)10-6-5-9-12(14)11-7-3-2-4-8-11/h2-10H,1H3. The third-order valence-corrected chi connectivity index (χ3v) is 1.85. The molecule has 1 rings (SSSR count). The first-order valence-corrected chi connectivity index (χ1v) is 4.76. The van der Waals surface area contributed by atoms with E-state index in [1.807, 2.05) is 6.07 Å². The fraction of sp³-hybridized carbons (Fsp3) is 0.0769. The number of ether oxygens (including phenoxy) is 1. The number of ketones is 1. The second kappa shape index (κ2) is 6.35. The van der Waals surface area contributed by atoms with Crippen LogP contribution in [0.3, 0.4) is 0 Å². The molecular weight excluding hydrogens is 204 g/mol. The lowest BCUT2D eigenvalue weighted by atomic mass is 10.1. The molecular formula is C13H12O3. The van der Waals surface area contributed by atoms with Crippen molar-refractivity contribution in [3.63, 3.8) is 0 Å². The minimum Gasteiger partial charge on any atom is -0.466 e. The molecule has 0 saturated heterocycles. The second-order valence-electron chi connectivity index (χ2n) is 2.97. The number of esters is 1. The van der Waals surface area contributed by atoms with E-state index in [4.69, 9.17) is 0 Å². The van der Waals surface area contributed by atoms with Crippen molar-refractivity contribution in [2.24, 2.45) is 0 Å². The number of allylic oxidation sites excluding steroid dienone is 3. The van der Waals surface area contributed by atoms with Crippen molar-refractivity contribution in [3.05, 3.63) is 60.2 Å². The zero-order valence-corrected chi connectivity index (χ0v) is 8.92. The SMILES string of the molecule is COC(=O)C=CC=CC(=O)c1ccccc1. The van der Waals surface area contributed by atoms with Crippen molar-refractivity contribution in [3.8, 4) is 0 Å². The maximum absolute atomic E-state index is 11.5. The zero-order chi connectivity index (χ0) is 11.8. The smallest absolute Gasteiger partial charge is 0.330 e. The first kappa shape index (κ1) is 11.9. The van der Waals surface area contributed by atoms with Gasteiger partial charge in [0.15, 0.2) is 5.78 Å². The summed E-state index contributed by atoms with van der Waals surface area (Å²) in [5, 5.41) is 0. The molecule has 3 heteroatoms. The Labute approximate surface area is 94.0 Å². The number of carbonyl (C=O) groups excluding carboxylic acids is 2. The summed E-state index contributed by atoms with van der Waals surface area (Å²) in [6.07, 6.45) is 5.61. The number of rotatable bonds is 4. The third kappa shape index (κ3) is 3.92. The fourth-order valence-corrected chi connectivity index (χ4v) is 1.04. The molecule has 1 aromatic rings. The Morgan fingerprint density at radius 1 is 1.06 bits per heavy atom. The summed E-state index contributed by atoms with van der Waals surface area (Å²) in [7, 11) is 1.30. The third-order valence-electron chi connectivity index (χ3n) is 1.85. The van der Waals surface area contributed by atoms with Gasteiger partial charge in [-0.05, 0) is 6.08 Å². The Hall–Kier alpha value is -2.16. The minimum absolute atomic E-state index is 0.102. The molecule has 82 valence electrons. The highest BCUT2D eigenvalue weighted by molar-refractivity contribution is 6.04. The summed E-state index contributed by atoms with van der Waals surface area (Å²) in [5.74, 6) is -0.549. The molecule has 0 heterocycles. The van der Waals surface area contributed by atoms with Gasteiger partial charge < -0.3 is 4.74 Å². The molecule has 0 bridgehead atoms. The van der Waals surface area contributed by atoms with Crippen LogP contribution in [-0.2, 0) is 9.53 Å². The minimum atomic E-state index is -0.447.